The summed E-state index contributed by atoms with van der Waals surface area (Å²) in [6.45, 7) is 7.46. The number of carboxylic acid groups (broad SMARTS) is 1. The smallest absolute Gasteiger partial charge is 0.407 e. The van der Waals surface area contributed by atoms with Crippen LogP contribution in [0, 0.1) is 5.41 Å². The highest BCUT2D eigenvalue weighted by Gasteiger charge is 2.46. The number of nitrogens with zero attached hydrogens (tertiary/aromatic N) is 4. The van der Waals surface area contributed by atoms with Crippen molar-refractivity contribution in [3.63, 3.8) is 0 Å². The Hall–Kier alpha value is -1.60. The Kier molecular flexibility index (Phi) is 5.82. The fourth-order valence-corrected chi connectivity index (χ4v) is 4.58. The molecule has 1 amide bonds. The van der Waals surface area contributed by atoms with E-state index in [4.69, 9.17) is 9.84 Å². The largest absolute Gasteiger partial charge is 0.465 e. The van der Waals surface area contributed by atoms with Crippen LogP contribution in [0.25, 0.3) is 0 Å². The van der Waals surface area contributed by atoms with E-state index in [1.165, 1.54) is 17.0 Å². The SMILES string of the molecule is CN(CCN(C)C(=O)O)Cc1ccnn1C1CCC2(CC1)CC(C)(C)CO2. The fraction of sp³-hybridized carbons (Fsp3) is 0.800. The van der Waals surface area contributed by atoms with Crippen LogP contribution in [0.2, 0.25) is 0 Å². The van der Waals surface area contributed by atoms with E-state index < -0.39 is 6.09 Å². The van der Waals surface area contributed by atoms with Crippen LogP contribution in [0.4, 0.5) is 4.79 Å². The Balaban J connectivity index is 1.54. The van der Waals surface area contributed by atoms with E-state index in [9.17, 15) is 4.79 Å². The summed E-state index contributed by atoms with van der Waals surface area (Å²) in [5, 5.41) is 13.6. The zero-order valence-electron chi connectivity index (χ0n) is 17.1. The lowest BCUT2D eigenvalue weighted by Gasteiger charge is -2.37. The van der Waals surface area contributed by atoms with Crippen LogP contribution in [-0.2, 0) is 11.3 Å². The van der Waals surface area contributed by atoms with E-state index in [-0.39, 0.29) is 5.60 Å². The molecule has 0 atom stereocenters. The molecule has 1 saturated heterocycles. The minimum absolute atomic E-state index is 0.0888. The minimum atomic E-state index is -0.887. The molecule has 27 heavy (non-hydrogen) atoms. The van der Waals surface area contributed by atoms with Gasteiger partial charge in [0.1, 0.15) is 0 Å². The molecular formula is C20H34N4O3. The third-order valence-electron chi connectivity index (χ3n) is 6.11. The zero-order valence-corrected chi connectivity index (χ0v) is 17.1. The molecular weight excluding hydrogens is 344 g/mol. The number of ether oxygens (including phenoxy) is 1. The Labute approximate surface area is 162 Å². The van der Waals surface area contributed by atoms with Crippen molar-refractivity contribution in [3.8, 4) is 0 Å². The van der Waals surface area contributed by atoms with Crippen molar-refractivity contribution in [2.45, 2.75) is 64.1 Å². The molecule has 1 N–H and O–H groups in total. The lowest BCUT2D eigenvalue weighted by Crippen LogP contribution is -2.36. The van der Waals surface area contributed by atoms with E-state index in [0.29, 0.717) is 24.5 Å². The molecule has 2 heterocycles. The maximum Gasteiger partial charge on any atom is 0.407 e. The minimum Gasteiger partial charge on any atom is -0.465 e. The van der Waals surface area contributed by atoms with Crippen LogP contribution < -0.4 is 0 Å². The van der Waals surface area contributed by atoms with E-state index in [1.54, 1.807) is 7.05 Å². The molecule has 0 aromatic carbocycles. The van der Waals surface area contributed by atoms with Crippen LogP contribution in [0.3, 0.4) is 0 Å². The third-order valence-corrected chi connectivity index (χ3v) is 6.11. The first-order chi connectivity index (χ1) is 12.7. The van der Waals surface area contributed by atoms with Crippen LogP contribution in [0.1, 0.15) is 57.7 Å². The predicted molar refractivity (Wildman–Crippen MR) is 104 cm³/mol. The van der Waals surface area contributed by atoms with Gasteiger partial charge in [-0.1, -0.05) is 13.8 Å². The highest BCUT2D eigenvalue weighted by Crippen LogP contribution is 2.48. The first-order valence-corrected chi connectivity index (χ1v) is 9.99. The predicted octanol–water partition coefficient (Wildman–Crippen LogP) is 3.23. The van der Waals surface area contributed by atoms with Crippen LogP contribution in [0.15, 0.2) is 12.3 Å². The second kappa shape index (κ2) is 7.80. The summed E-state index contributed by atoms with van der Waals surface area (Å²) in [5.41, 5.74) is 1.59. The van der Waals surface area contributed by atoms with Gasteiger partial charge in [0, 0.05) is 32.9 Å². The monoisotopic (exact) mass is 378 g/mol. The normalized spacial score (nSPS) is 27.4. The van der Waals surface area contributed by atoms with Gasteiger partial charge in [0.25, 0.3) is 0 Å². The van der Waals surface area contributed by atoms with Gasteiger partial charge >= 0.3 is 6.09 Å². The number of amides is 1. The summed E-state index contributed by atoms with van der Waals surface area (Å²) in [4.78, 5) is 14.4. The molecule has 1 spiro atoms. The molecule has 0 bridgehead atoms. The van der Waals surface area contributed by atoms with E-state index in [0.717, 1.165) is 38.8 Å². The molecule has 1 aliphatic carbocycles. The Bertz CT molecular complexity index is 649. The summed E-state index contributed by atoms with van der Waals surface area (Å²) in [7, 11) is 3.63. The van der Waals surface area contributed by atoms with Crippen molar-refractivity contribution in [1.82, 2.24) is 19.6 Å². The molecule has 7 nitrogen and oxygen atoms in total. The maximum atomic E-state index is 10.9. The molecule has 2 aliphatic rings. The van der Waals surface area contributed by atoms with Crippen molar-refractivity contribution >= 4 is 6.09 Å². The van der Waals surface area contributed by atoms with Gasteiger partial charge in [-0.2, -0.15) is 5.10 Å². The molecule has 0 unspecified atom stereocenters. The number of hydrogen-bond donors (Lipinski definition) is 1. The molecule has 3 rings (SSSR count). The fourth-order valence-electron chi connectivity index (χ4n) is 4.58. The van der Waals surface area contributed by atoms with Crippen molar-refractivity contribution in [3.05, 3.63) is 18.0 Å². The average molecular weight is 379 g/mol. The second-order valence-corrected chi connectivity index (χ2v) is 9.25. The van der Waals surface area contributed by atoms with Gasteiger partial charge in [0.2, 0.25) is 0 Å². The number of aromatic nitrogens is 2. The number of hydrogen-bond acceptors (Lipinski definition) is 4. The van der Waals surface area contributed by atoms with Crippen molar-refractivity contribution in [2.75, 3.05) is 33.8 Å². The second-order valence-electron chi connectivity index (χ2n) is 9.25. The topological polar surface area (TPSA) is 70.8 Å². The van der Waals surface area contributed by atoms with Gasteiger partial charge in [-0.25, -0.2) is 4.79 Å². The van der Waals surface area contributed by atoms with Gasteiger partial charge < -0.3 is 14.7 Å². The summed E-state index contributed by atoms with van der Waals surface area (Å²) >= 11 is 0. The van der Waals surface area contributed by atoms with Crippen molar-refractivity contribution in [2.24, 2.45) is 5.41 Å². The first-order valence-electron chi connectivity index (χ1n) is 9.99. The van der Waals surface area contributed by atoms with Crippen molar-refractivity contribution in [1.29, 1.82) is 0 Å². The Morgan fingerprint density at radius 3 is 2.63 bits per heavy atom. The molecule has 2 fully saturated rings. The lowest BCUT2D eigenvalue weighted by molar-refractivity contribution is -0.0354. The molecule has 152 valence electrons. The number of carbonyl (C=O) groups is 1. The van der Waals surface area contributed by atoms with Gasteiger partial charge in [0.15, 0.2) is 0 Å². The zero-order chi connectivity index (χ0) is 19.7. The number of likely N-dealkylation sites (N-methyl/N-ethyl adjacent to an activating group) is 2. The first kappa shape index (κ1) is 20.1. The molecule has 1 aliphatic heterocycles. The highest BCUT2D eigenvalue weighted by atomic mass is 16.5. The molecule has 1 aromatic rings. The van der Waals surface area contributed by atoms with Gasteiger partial charge in [-0.05, 0) is 50.6 Å². The lowest BCUT2D eigenvalue weighted by atomic mass is 9.75. The quantitative estimate of drug-likeness (QED) is 0.823. The van der Waals surface area contributed by atoms with Crippen LogP contribution in [-0.4, -0.2) is 70.2 Å². The summed E-state index contributed by atoms with van der Waals surface area (Å²) < 4.78 is 8.43. The van der Waals surface area contributed by atoms with Crippen LogP contribution in [0.5, 0.6) is 0 Å². The van der Waals surface area contributed by atoms with Gasteiger partial charge in [0.05, 0.1) is 23.9 Å². The standard InChI is InChI=1S/C20H34N4O3/c1-19(2)14-20(27-15-19)8-5-16(6-9-20)24-17(7-10-21-24)13-22(3)11-12-23(4)18(25)26/h7,10,16H,5-6,8-9,11-15H2,1-4H3,(H,25,26). The van der Waals surface area contributed by atoms with Crippen LogP contribution >= 0.6 is 0 Å². The summed E-state index contributed by atoms with van der Waals surface area (Å²) in [6, 6.07) is 2.51. The molecule has 1 aromatic heterocycles. The maximum absolute atomic E-state index is 10.9. The van der Waals surface area contributed by atoms with E-state index >= 15 is 0 Å². The molecule has 0 radical (unpaired) electrons. The average Bonchev–Trinajstić information content (AvgIpc) is 3.18. The number of rotatable bonds is 6. The van der Waals surface area contributed by atoms with Gasteiger partial charge in [-0.15, -0.1) is 0 Å². The summed E-state index contributed by atoms with van der Waals surface area (Å²) in [5.74, 6) is 0. The van der Waals surface area contributed by atoms with Gasteiger partial charge in [-0.3, -0.25) is 9.58 Å². The Morgan fingerprint density at radius 1 is 1.33 bits per heavy atom. The van der Waals surface area contributed by atoms with Crippen molar-refractivity contribution < 1.29 is 14.6 Å². The third kappa shape index (κ3) is 4.82. The van der Waals surface area contributed by atoms with E-state index in [2.05, 4.69) is 34.6 Å². The Morgan fingerprint density at radius 2 is 2.04 bits per heavy atom. The molecule has 1 saturated carbocycles. The molecule has 7 heteroatoms. The summed E-state index contributed by atoms with van der Waals surface area (Å²) in [6.07, 6.45) is 6.60. The highest BCUT2D eigenvalue weighted by molar-refractivity contribution is 5.64. The van der Waals surface area contributed by atoms with E-state index in [1.807, 2.05) is 13.2 Å².